The van der Waals surface area contributed by atoms with Crippen LogP contribution in [0.1, 0.15) is 17.3 Å². The molecule has 0 aliphatic carbocycles. The fourth-order valence-electron chi connectivity index (χ4n) is 0.945. The summed E-state index contributed by atoms with van der Waals surface area (Å²) in [5.74, 6) is -0.311. The molecule has 1 aromatic carbocycles. The van der Waals surface area contributed by atoms with Crippen LogP contribution in [-0.2, 0) is 0 Å². The van der Waals surface area contributed by atoms with Crippen molar-refractivity contribution in [3.63, 3.8) is 0 Å². The summed E-state index contributed by atoms with van der Waals surface area (Å²) in [6, 6.07) is 4.59. The van der Waals surface area contributed by atoms with Gasteiger partial charge in [0.1, 0.15) is 0 Å². The number of halogens is 2. The molecule has 14 heavy (non-hydrogen) atoms. The fraction of sp³-hybridized carbons (Fsp3) is 0.100. The van der Waals surface area contributed by atoms with Crippen molar-refractivity contribution in [1.29, 1.82) is 0 Å². The molecule has 0 fully saturated rings. The van der Waals surface area contributed by atoms with Crippen molar-refractivity contribution in [3.8, 4) is 0 Å². The minimum absolute atomic E-state index is 0.231. The predicted molar refractivity (Wildman–Crippen MR) is 57.2 cm³/mol. The summed E-state index contributed by atoms with van der Waals surface area (Å²) in [7, 11) is 0. The Labute approximate surface area is 91.8 Å². The molecule has 0 atom stereocenters. The summed E-state index contributed by atoms with van der Waals surface area (Å²) >= 11 is 11.5. The van der Waals surface area contributed by atoms with E-state index in [2.05, 4.69) is 0 Å². The zero-order valence-corrected chi connectivity index (χ0v) is 8.93. The predicted octanol–water partition coefficient (Wildman–Crippen LogP) is 3.64. The Morgan fingerprint density at radius 2 is 2.07 bits per heavy atom. The van der Waals surface area contributed by atoms with E-state index in [0.717, 1.165) is 6.26 Å². The van der Waals surface area contributed by atoms with Gasteiger partial charge in [-0.25, -0.2) is 0 Å². The molecular weight excluding hydrogens is 223 g/mol. The van der Waals surface area contributed by atoms with Crippen LogP contribution >= 0.6 is 23.2 Å². The molecule has 0 saturated carbocycles. The third-order valence-electron chi connectivity index (χ3n) is 1.73. The zero-order valence-electron chi connectivity index (χ0n) is 7.42. The van der Waals surface area contributed by atoms with Crippen molar-refractivity contribution in [1.82, 2.24) is 0 Å². The highest BCUT2D eigenvalue weighted by atomic mass is 35.5. The lowest BCUT2D eigenvalue weighted by Gasteiger charge is -2.02. The molecule has 2 nitrogen and oxygen atoms in total. The molecule has 0 aliphatic heterocycles. The molecule has 1 rings (SSSR count). The van der Waals surface area contributed by atoms with Crippen LogP contribution in [0.5, 0.6) is 0 Å². The van der Waals surface area contributed by atoms with E-state index in [9.17, 15) is 4.79 Å². The van der Waals surface area contributed by atoms with Gasteiger partial charge >= 0.3 is 0 Å². The maximum Gasteiger partial charge on any atom is 0.193 e. The second-order valence-corrected chi connectivity index (χ2v) is 3.61. The van der Waals surface area contributed by atoms with E-state index in [-0.39, 0.29) is 16.4 Å². The van der Waals surface area contributed by atoms with Crippen LogP contribution in [0.4, 0.5) is 0 Å². The van der Waals surface area contributed by atoms with Crippen molar-refractivity contribution in [2.24, 2.45) is 0 Å². The fourth-order valence-corrected chi connectivity index (χ4v) is 1.44. The molecule has 0 saturated heterocycles. The van der Waals surface area contributed by atoms with E-state index >= 15 is 0 Å². The molecule has 0 unspecified atom stereocenters. The Balaban J connectivity index is 3.14. The van der Waals surface area contributed by atoms with Gasteiger partial charge in [-0.2, -0.15) is 0 Å². The van der Waals surface area contributed by atoms with Crippen molar-refractivity contribution in [3.05, 3.63) is 45.6 Å². The number of aliphatic hydroxyl groups excluding tert-OH is 1. The summed E-state index contributed by atoms with van der Waals surface area (Å²) in [4.78, 5) is 11.6. The molecule has 1 N–H and O–H groups in total. The summed E-state index contributed by atoms with van der Waals surface area (Å²) in [6.45, 7) is 1.51. The number of Topliss-reactive ketones (excluding diaryl/α,β-unsaturated/α-hetero) is 1. The highest BCUT2D eigenvalue weighted by Gasteiger charge is 2.12. The molecule has 0 bridgehead atoms. The number of allylic oxidation sites excluding steroid dienone is 1. The van der Waals surface area contributed by atoms with Crippen molar-refractivity contribution >= 4 is 29.0 Å². The van der Waals surface area contributed by atoms with Crippen molar-refractivity contribution in [2.75, 3.05) is 0 Å². The maximum absolute atomic E-state index is 11.6. The number of benzene rings is 1. The van der Waals surface area contributed by atoms with E-state index in [1.54, 1.807) is 6.07 Å². The lowest BCUT2D eigenvalue weighted by Crippen LogP contribution is -2.01. The average molecular weight is 231 g/mol. The molecule has 74 valence electrons. The number of aliphatic hydroxyl groups is 1. The monoisotopic (exact) mass is 230 g/mol. The molecule has 0 aromatic heterocycles. The van der Waals surface area contributed by atoms with Crippen molar-refractivity contribution < 1.29 is 9.90 Å². The maximum atomic E-state index is 11.6. The highest BCUT2D eigenvalue weighted by Crippen LogP contribution is 2.22. The van der Waals surface area contributed by atoms with Gasteiger partial charge in [0.05, 0.1) is 11.3 Å². The number of hydrogen-bond acceptors (Lipinski definition) is 2. The van der Waals surface area contributed by atoms with Gasteiger partial charge in [-0.3, -0.25) is 4.79 Å². The number of carbonyl (C=O) groups excluding carboxylic acids is 1. The third kappa shape index (κ3) is 2.28. The number of ketones is 1. The van der Waals surface area contributed by atoms with Gasteiger partial charge in [-0.15, -0.1) is 0 Å². The Hall–Kier alpha value is -0.990. The van der Waals surface area contributed by atoms with E-state index in [4.69, 9.17) is 28.3 Å². The van der Waals surface area contributed by atoms with Crippen LogP contribution < -0.4 is 0 Å². The van der Waals surface area contributed by atoms with Gasteiger partial charge in [0.15, 0.2) is 5.78 Å². The summed E-state index contributed by atoms with van der Waals surface area (Å²) in [5.41, 5.74) is 0.563. The normalized spacial score (nSPS) is 11.5. The van der Waals surface area contributed by atoms with E-state index < -0.39 is 0 Å². The molecular formula is C10H8Cl2O2. The first-order valence-corrected chi connectivity index (χ1v) is 4.62. The van der Waals surface area contributed by atoms with E-state index in [1.165, 1.54) is 19.1 Å². The van der Waals surface area contributed by atoms with Crippen LogP contribution in [0.3, 0.4) is 0 Å². The minimum atomic E-state index is -0.311. The Morgan fingerprint density at radius 1 is 1.43 bits per heavy atom. The quantitative estimate of drug-likeness (QED) is 0.479. The Morgan fingerprint density at radius 3 is 2.57 bits per heavy atom. The molecule has 0 aliphatic rings. The van der Waals surface area contributed by atoms with Crippen LogP contribution in [0.25, 0.3) is 0 Å². The van der Waals surface area contributed by atoms with Crippen molar-refractivity contribution in [2.45, 2.75) is 6.92 Å². The SMILES string of the molecule is C/C(=C\O)C(=O)c1ccc(Cl)cc1Cl. The lowest BCUT2D eigenvalue weighted by atomic mass is 10.1. The van der Waals surface area contributed by atoms with Gasteiger partial charge in [0.25, 0.3) is 0 Å². The topological polar surface area (TPSA) is 37.3 Å². The molecule has 0 spiro atoms. The van der Waals surface area contributed by atoms with Gasteiger partial charge < -0.3 is 5.11 Å². The largest absolute Gasteiger partial charge is 0.515 e. The first-order chi connectivity index (χ1) is 6.56. The van der Waals surface area contributed by atoms with Gasteiger partial charge in [0, 0.05) is 16.2 Å². The average Bonchev–Trinajstić information content (AvgIpc) is 2.15. The van der Waals surface area contributed by atoms with Crippen LogP contribution in [-0.4, -0.2) is 10.9 Å². The number of carbonyl (C=O) groups is 1. The Kier molecular flexibility index (Phi) is 3.55. The standard InChI is InChI=1S/C10H8Cl2O2/c1-6(5-13)10(14)8-3-2-7(11)4-9(8)12/h2-5,13H,1H3/b6-5+. The first-order valence-electron chi connectivity index (χ1n) is 3.87. The molecule has 0 amide bonds. The second-order valence-electron chi connectivity index (χ2n) is 2.77. The number of rotatable bonds is 2. The smallest absolute Gasteiger partial charge is 0.193 e. The third-order valence-corrected chi connectivity index (χ3v) is 2.28. The van der Waals surface area contributed by atoms with E-state index in [0.29, 0.717) is 10.6 Å². The minimum Gasteiger partial charge on any atom is -0.515 e. The van der Waals surface area contributed by atoms with Crippen LogP contribution in [0.15, 0.2) is 30.0 Å². The highest BCUT2D eigenvalue weighted by molar-refractivity contribution is 6.37. The molecule has 0 heterocycles. The summed E-state index contributed by atoms with van der Waals surface area (Å²) in [5, 5.41) is 9.41. The van der Waals surface area contributed by atoms with Gasteiger partial charge in [-0.05, 0) is 25.1 Å². The summed E-state index contributed by atoms with van der Waals surface area (Å²) in [6.07, 6.45) is 0.757. The first kappa shape index (κ1) is 11.1. The van der Waals surface area contributed by atoms with Crippen LogP contribution in [0.2, 0.25) is 10.0 Å². The molecule has 0 radical (unpaired) electrons. The zero-order chi connectivity index (χ0) is 10.7. The number of hydrogen-bond donors (Lipinski definition) is 1. The molecule has 4 heteroatoms. The van der Waals surface area contributed by atoms with Crippen LogP contribution in [0, 0.1) is 0 Å². The van der Waals surface area contributed by atoms with Gasteiger partial charge in [-0.1, -0.05) is 23.2 Å². The summed E-state index contributed by atoms with van der Waals surface area (Å²) < 4.78 is 0. The van der Waals surface area contributed by atoms with E-state index in [1.807, 2.05) is 0 Å². The molecule has 1 aromatic rings. The van der Waals surface area contributed by atoms with Gasteiger partial charge in [0.2, 0.25) is 0 Å². The second kappa shape index (κ2) is 4.49. The lowest BCUT2D eigenvalue weighted by molar-refractivity contribution is 0.103. The Bertz CT molecular complexity index is 397.